The van der Waals surface area contributed by atoms with Gasteiger partial charge in [-0.3, -0.25) is 9.78 Å². The number of nitrogens with zero attached hydrogens (tertiary/aromatic N) is 5. The third-order valence-electron chi connectivity index (χ3n) is 5.67. The molecule has 0 radical (unpaired) electrons. The van der Waals surface area contributed by atoms with E-state index in [4.69, 9.17) is 16.3 Å². The number of hydrogen-bond donors (Lipinski definition) is 2. The fourth-order valence-corrected chi connectivity index (χ4v) is 4.21. The molecule has 1 aliphatic carbocycles. The quantitative estimate of drug-likeness (QED) is 0.559. The Kier molecular flexibility index (Phi) is 6.37. The molecule has 174 valence electrons. The van der Waals surface area contributed by atoms with E-state index in [1.165, 1.54) is 31.2 Å². The Labute approximate surface area is 192 Å². The second-order valence-electron chi connectivity index (χ2n) is 7.79. The minimum absolute atomic E-state index is 0.00353. The first kappa shape index (κ1) is 23.1. The van der Waals surface area contributed by atoms with Crippen LogP contribution in [0.15, 0.2) is 24.4 Å². The van der Waals surface area contributed by atoms with E-state index in [-0.39, 0.29) is 46.2 Å². The number of aliphatic hydroxyl groups is 1. The smallest absolute Gasteiger partial charge is 0.255 e. The first-order valence-corrected chi connectivity index (χ1v) is 10.5. The summed E-state index contributed by atoms with van der Waals surface area (Å²) in [6, 6.07) is 3.71. The molecule has 2 aromatic heterocycles. The Hall–Kier alpha value is -3.02. The van der Waals surface area contributed by atoms with E-state index < -0.39 is 29.2 Å². The molecular weight excluding hydrogens is 458 g/mol. The lowest BCUT2D eigenvalue weighted by Crippen LogP contribution is -2.52. The highest BCUT2D eigenvalue weighted by Gasteiger charge is 2.47. The molecule has 1 saturated carbocycles. The van der Waals surface area contributed by atoms with Crippen LogP contribution in [0.2, 0.25) is 5.02 Å². The molecule has 1 aliphatic rings. The molecule has 1 amide bonds. The van der Waals surface area contributed by atoms with Crippen molar-refractivity contribution in [1.29, 1.82) is 0 Å². The summed E-state index contributed by atoms with van der Waals surface area (Å²) in [6.07, 6.45) is 2.16. The molecule has 1 fully saturated rings. The molecule has 2 unspecified atom stereocenters. The van der Waals surface area contributed by atoms with Crippen molar-refractivity contribution in [3.63, 3.8) is 0 Å². The molecule has 4 rings (SSSR count). The van der Waals surface area contributed by atoms with Crippen LogP contribution in [0.3, 0.4) is 0 Å². The molecule has 0 bridgehead atoms. The zero-order valence-corrected chi connectivity index (χ0v) is 18.6. The van der Waals surface area contributed by atoms with Crippen molar-refractivity contribution in [1.82, 2.24) is 30.5 Å². The summed E-state index contributed by atoms with van der Waals surface area (Å²) < 4.78 is 34.8. The van der Waals surface area contributed by atoms with E-state index in [1.54, 1.807) is 0 Å². The molecule has 2 atom stereocenters. The minimum Gasteiger partial charge on any atom is -0.378 e. The number of aryl methyl sites for hydroxylation is 1. The fraction of sp³-hybridized carbons (Fsp3) is 0.381. The number of carbonyl (C=O) groups excluding carboxylic acids is 1. The van der Waals surface area contributed by atoms with Crippen molar-refractivity contribution >= 4 is 17.5 Å². The number of nitrogens with one attached hydrogen (secondary N) is 1. The summed E-state index contributed by atoms with van der Waals surface area (Å²) in [7, 11) is 2.96. The van der Waals surface area contributed by atoms with Gasteiger partial charge in [-0.15, -0.1) is 10.2 Å². The fourth-order valence-electron chi connectivity index (χ4n) is 4.00. The predicted octanol–water partition coefficient (Wildman–Crippen LogP) is 2.42. The van der Waals surface area contributed by atoms with Crippen LogP contribution in [-0.4, -0.2) is 55.0 Å². The van der Waals surface area contributed by atoms with Crippen LogP contribution in [0.1, 0.15) is 25.0 Å². The highest BCUT2D eigenvalue weighted by Crippen LogP contribution is 2.35. The van der Waals surface area contributed by atoms with Gasteiger partial charge in [-0.25, -0.2) is 8.78 Å². The van der Waals surface area contributed by atoms with E-state index in [9.17, 15) is 18.7 Å². The average molecular weight is 479 g/mol. The summed E-state index contributed by atoms with van der Waals surface area (Å²) in [6.45, 7) is -0.244. The Balaban J connectivity index is 1.59. The van der Waals surface area contributed by atoms with Crippen molar-refractivity contribution in [2.24, 2.45) is 7.05 Å². The zero-order valence-electron chi connectivity index (χ0n) is 17.8. The van der Waals surface area contributed by atoms with E-state index >= 15 is 0 Å². The van der Waals surface area contributed by atoms with Crippen LogP contribution in [0.5, 0.6) is 0 Å². The van der Waals surface area contributed by atoms with E-state index in [2.05, 4.69) is 25.7 Å². The monoisotopic (exact) mass is 478 g/mol. The predicted molar refractivity (Wildman–Crippen MR) is 114 cm³/mol. The number of benzene rings is 1. The summed E-state index contributed by atoms with van der Waals surface area (Å²) in [5, 5.41) is 24.8. The van der Waals surface area contributed by atoms with Crippen LogP contribution in [0.4, 0.5) is 8.78 Å². The Morgan fingerprint density at radius 3 is 2.82 bits per heavy atom. The molecule has 3 aromatic rings. The molecule has 2 heterocycles. The molecule has 2 N–H and O–H groups in total. The summed E-state index contributed by atoms with van der Waals surface area (Å²) in [5.41, 5.74) is -1.24. The van der Waals surface area contributed by atoms with Crippen molar-refractivity contribution in [2.75, 3.05) is 7.11 Å². The molecule has 9 nitrogen and oxygen atoms in total. The van der Waals surface area contributed by atoms with Crippen molar-refractivity contribution in [3.8, 4) is 22.5 Å². The van der Waals surface area contributed by atoms with Gasteiger partial charge in [0, 0.05) is 23.9 Å². The number of pyridine rings is 1. The van der Waals surface area contributed by atoms with Gasteiger partial charge < -0.3 is 15.2 Å². The lowest BCUT2D eigenvalue weighted by molar-refractivity contribution is -0.151. The largest absolute Gasteiger partial charge is 0.378 e. The summed E-state index contributed by atoms with van der Waals surface area (Å²) in [5.74, 6) is -2.06. The highest BCUT2D eigenvalue weighted by atomic mass is 35.5. The molecule has 1 aromatic carbocycles. The van der Waals surface area contributed by atoms with Gasteiger partial charge in [-0.1, -0.05) is 11.6 Å². The van der Waals surface area contributed by atoms with Crippen LogP contribution < -0.4 is 5.32 Å². The molecular formula is C21H21ClF2N6O3. The van der Waals surface area contributed by atoms with Crippen LogP contribution in [0.25, 0.3) is 22.5 Å². The van der Waals surface area contributed by atoms with E-state index in [0.717, 1.165) is 12.1 Å². The number of carbonyl (C=O) groups is 1. The standard InChI is InChI=1S/C21H21ClF2N6O3/c1-30-28-19(27-29-30)18-13(7-12(22)8-15(18)24)11-6-14(23)16(25-9-11)10-26-20(31)21(32)5-3-4-17(21)33-2/h6-9,17,32H,3-5,10H2,1-2H3,(H,26,31). The zero-order chi connectivity index (χ0) is 23.8. The van der Waals surface area contributed by atoms with Crippen molar-refractivity contribution in [2.45, 2.75) is 37.5 Å². The first-order chi connectivity index (χ1) is 15.7. The normalized spacial score (nSPS) is 20.2. The Morgan fingerprint density at radius 1 is 1.36 bits per heavy atom. The second-order valence-corrected chi connectivity index (χ2v) is 8.23. The van der Waals surface area contributed by atoms with Gasteiger partial charge in [0.2, 0.25) is 5.82 Å². The summed E-state index contributed by atoms with van der Waals surface area (Å²) in [4.78, 5) is 17.8. The second kappa shape index (κ2) is 9.08. The third kappa shape index (κ3) is 4.43. The number of rotatable bonds is 6. The van der Waals surface area contributed by atoms with Crippen LogP contribution in [0, 0.1) is 11.6 Å². The number of methoxy groups -OCH3 is 1. The number of aromatic nitrogens is 5. The third-order valence-corrected chi connectivity index (χ3v) is 5.88. The van der Waals surface area contributed by atoms with Crippen LogP contribution >= 0.6 is 11.6 Å². The average Bonchev–Trinajstić information content (AvgIpc) is 3.37. The van der Waals surface area contributed by atoms with Gasteiger partial charge in [-0.05, 0) is 48.2 Å². The van der Waals surface area contributed by atoms with E-state index in [1.807, 2.05) is 0 Å². The maximum Gasteiger partial charge on any atom is 0.255 e. The van der Waals surface area contributed by atoms with Gasteiger partial charge in [0.15, 0.2) is 5.60 Å². The highest BCUT2D eigenvalue weighted by molar-refractivity contribution is 6.31. The lowest BCUT2D eigenvalue weighted by Gasteiger charge is -2.27. The number of amides is 1. The van der Waals surface area contributed by atoms with Gasteiger partial charge in [0.25, 0.3) is 5.91 Å². The minimum atomic E-state index is -1.66. The van der Waals surface area contributed by atoms with Crippen molar-refractivity contribution in [3.05, 3.63) is 46.7 Å². The molecule has 0 aliphatic heterocycles. The number of hydrogen-bond acceptors (Lipinski definition) is 7. The molecule has 12 heteroatoms. The lowest BCUT2D eigenvalue weighted by atomic mass is 9.98. The first-order valence-electron chi connectivity index (χ1n) is 10.1. The number of ether oxygens (including phenoxy) is 1. The van der Waals surface area contributed by atoms with Gasteiger partial charge >= 0.3 is 0 Å². The number of halogens is 3. The Bertz CT molecular complexity index is 1210. The van der Waals surface area contributed by atoms with Crippen molar-refractivity contribution < 1.29 is 23.4 Å². The SMILES string of the molecule is COC1CCCC1(O)C(=O)NCc1ncc(-c2cc(Cl)cc(F)c2-c2nnn(C)n2)cc1F. The van der Waals surface area contributed by atoms with Crippen LogP contribution in [-0.2, 0) is 23.1 Å². The molecule has 33 heavy (non-hydrogen) atoms. The maximum absolute atomic E-state index is 14.9. The van der Waals surface area contributed by atoms with E-state index in [0.29, 0.717) is 12.8 Å². The van der Waals surface area contributed by atoms with Gasteiger partial charge in [0.1, 0.15) is 11.6 Å². The Morgan fingerprint density at radius 2 is 2.15 bits per heavy atom. The maximum atomic E-state index is 14.9. The number of tetrazole rings is 1. The molecule has 0 spiro atoms. The van der Waals surface area contributed by atoms with Gasteiger partial charge in [0.05, 0.1) is 31.0 Å². The molecule has 0 saturated heterocycles. The van der Waals surface area contributed by atoms with Gasteiger partial charge in [-0.2, -0.15) is 4.80 Å². The topological polar surface area (TPSA) is 115 Å². The summed E-state index contributed by atoms with van der Waals surface area (Å²) >= 11 is 6.02.